The zero-order chi connectivity index (χ0) is 13.2. The van der Waals surface area contributed by atoms with E-state index in [0.29, 0.717) is 21.9 Å². The Bertz CT molecular complexity index is 509. The molecule has 1 N–H and O–H groups in total. The minimum Gasteiger partial charge on any atom is -0.378 e. The van der Waals surface area contributed by atoms with Crippen molar-refractivity contribution in [2.75, 3.05) is 17.6 Å². The van der Waals surface area contributed by atoms with Crippen LogP contribution in [0.3, 0.4) is 0 Å². The van der Waals surface area contributed by atoms with E-state index in [1.54, 1.807) is 10.9 Å². The lowest BCUT2D eigenvalue weighted by molar-refractivity contribution is 0.534. The summed E-state index contributed by atoms with van der Waals surface area (Å²) in [5.41, 5.74) is 0.437. The van der Waals surface area contributed by atoms with Crippen LogP contribution in [0.2, 0.25) is 5.02 Å². The number of anilines is 1. The molecule has 2 heterocycles. The molecule has 104 valence electrons. The topological polar surface area (TPSA) is 46.9 Å². The van der Waals surface area contributed by atoms with E-state index in [1.807, 2.05) is 11.8 Å². The second kappa shape index (κ2) is 5.75. The van der Waals surface area contributed by atoms with Gasteiger partial charge in [0.05, 0.1) is 11.2 Å². The van der Waals surface area contributed by atoms with Crippen molar-refractivity contribution in [1.29, 1.82) is 0 Å². The Hall–Kier alpha value is -0.680. The third-order valence-electron chi connectivity index (χ3n) is 3.66. The molecule has 0 amide bonds. The zero-order valence-corrected chi connectivity index (χ0v) is 12.3. The highest BCUT2D eigenvalue weighted by atomic mass is 35.5. The van der Waals surface area contributed by atoms with Crippen LogP contribution in [0.25, 0.3) is 0 Å². The van der Waals surface area contributed by atoms with Gasteiger partial charge in [-0.15, -0.1) is 0 Å². The Morgan fingerprint density at radius 3 is 3.00 bits per heavy atom. The summed E-state index contributed by atoms with van der Waals surface area (Å²) >= 11 is 8.06. The molecule has 1 atom stereocenters. The van der Waals surface area contributed by atoms with Gasteiger partial charge < -0.3 is 5.32 Å². The fourth-order valence-electron chi connectivity index (χ4n) is 2.32. The molecule has 1 aliphatic heterocycles. The van der Waals surface area contributed by atoms with Crippen molar-refractivity contribution in [1.82, 2.24) is 9.78 Å². The van der Waals surface area contributed by atoms with Crippen LogP contribution in [0.5, 0.6) is 0 Å². The molecule has 1 aliphatic carbocycles. The highest BCUT2D eigenvalue weighted by Crippen LogP contribution is 2.30. The molecule has 2 aliphatic rings. The summed E-state index contributed by atoms with van der Waals surface area (Å²) in [6.45, 7) is 1.54. The van der Waals surface area contributed by atoms with Gasteiger partial charge >= 0.3 is 0 Å². The lowest BCUT2D eigenvalue weighted by Crippen LogP contribution is -2.28. The molecule has 0 bridgehead atoms. The van der Waals surface area contributed by atoms with Crippen molar-refractivity contribution in [3.8, 4) is 0 Å². The van der Waals surface area contributed by atoms with Gasteiger partial charge in [0, 0.05) is 18.3 Å². The molecule has 1 saturated heterocycles. The minimum absolute atomic E-state index is 0.0811. The number of halogens is 1. The SMILES string of the molecule is O=c1c(NCC2CCCS2)c(Cl)cnn1CC1CC1. The van der Waals surface area contributed by atoms with Crippen LogP contribution >= 0.6 is 23.4 Å². The first-order chi connectivity index (χ1) is 9.24. The molecule has 6 heteroatoms. The van der Waals surface area contributed by atoms with E-state index in [0.717, 1.165) is 13.1 Å². The van der Waals surface area contributed by atoms with E-state index in [-0.39, 0.29) is 5.56 Å². The first kappa shape index (κ1) is 13.3. The molecule has 1 aromatic heterocycles. The Labute approximate surface area is 121 Å². The average molecular weight is 300 g/mol. The van der Waals surface area contributed by atoms with Crippen LogP contribution in [-0.2, 0) is 6.54 Å². The van der Waals surface area contributed by atoms with Gasteiger partial charge in [0.2, 0.25) is 0 Å². The lowest BCUT2D eigenvalue weighted by Gasteiger charge is -2.13. The molecule has 2 fully saturated rings. The van der Waals surface area contributed by atoms with Crippen molar-refractivity contribution in [3.05, 3.63) is 21.6 Å². The summed E-state index contributed by atoms with van der Waals surface area (Å²) in [7, 11) is 0. The third kappa shape index (κ3) is 3.26. The maximum atomic E-state index is 12.3. The summed E-state index contributed by atoms with van der Waals surface area (Å²) in [4.78, 5) is 12.3. The number of hydrogen-bond acceptors (Lipinski definition) is 4. The van der Waals surface area contributed by atoms with Crippen LogP contribution in [0, 0.1) is 5.92 Å². The van der Waals surface area contributed by atoms with Gasteiger partial charge in [-0.05, 0) is 37.4 Å². The zero-order valence-electron chi connectivity index (χ0n) is 10.8. The summed E-state index contributed by atoms with van der Waals surface area (Å²) < 4.78 is 1.55. The van der Waals surface area contributed by atoms with Crippen LogP contribution < -0.4 is 10.9 Å². The molecule has 1 saturated carbocycles. The van der Waals surface area contributed by atoms with E-state index in [2.05, 4.69) is 10.4 Å². The molecular weight excluding hydrogens is 282 g/mol. The van der Waals surface area contributed by atoms with Crippen molar-refractivity contribution in [2.24, 2.45) is 5.92 Å². The largest absolute Gasteiger partial charge is 0.378 e. The standard InChI is InChI=1S/C13H18ClN3OS/c14-11-7-16-17(8-9-3-4-9)13(18)12(11)15-6-10-2-1-5-19-10/h7,9-10,15H,1-6,8H2. The first-order valence-corrected chi connectivity index (χ1v) is 8.28. The molecule has 4 nitrogen and oxygen atoms in total. The lowest BCUT2D eigenvalue weighted by atomic mass is 10.2. The highest BCUT2D eigenvalue weighted by molar-refractivity contribution is 8.00. The normalized spacial score (nSPS) is 22.7. The van der Waals surface area contributed by atoms with E-state index >= 15 is 0 Å². The van der Waals surface area contributed by atoms with E-state index < -0.39 is 0 Å². The van der Waals surface area contributed by atoms with Crippen LogP contribution in [0.1, 0.15) is 25.7 Å². The molecule has 19 heavy (non-hydrogen) atoms. The second-order valence-corrected chi connectivity index (χ2v) is 7.13. The van der Waals surface area contributed by atoms with E-state index in [9.17, 15) is 4.79 Å². The second-order valence-electron chi connectivity index (χ2n) is 5.31. The number of rotatable bonds is 5. The average Bonchev–Trinajstić information content (AvgIpc) is 3.06. The predicted octanol–water partition coefficient (Wildman–Crippen LogP) is 2.61. The number of nitrogens with zero attached hydrogens (tertiary/aromatic N) is 2. The maximum absolute atomic E-state index is 12.3. The number of aromatic nitrogens is 2. The van der Waals surface area contributed by atoms with E-state index in [4.69, 9.17) is 11.6 Å². The molecule has 1 unspecified atom stereocenters. The quantitative estimate of drug-likeness (QED) is 0.908. The monoisotopic (exact) mass is 299 g/mol. The summed E-state index contributed by atoms with van der Waals surface area (Å²) in [6, 6.07) is 0. The summed E-state index contributed by atoms with van der Waals surface area (Å²) in [6.07, 6.45) is 6.48. The van der Waals surface area contributed by atoms with Crippen LogP contribution in [-0.4, -0.2) is 27.3 Å². The first-order valence-electron chi connectivity index (χ1n) is 6.85. The molecule has 0 spiro atoms. The third-order valence-corrected chi connectivity index (χ3v) is 5.34. The Morgan fingerprint density at radius 2 is 2.32 bits per heavy atom. The fraction of sp³-hybridized carbons (Fsp3) is 0.692. The van der Waals surface area contributed by atoms with Gasteiger partial charge in [-0.1, -0.05) is 11.6 Å². The van der Waals surface area contributed by atoms with Gasteiger partial charge in [0.1, 0.15) is 5.69 Å². The molecule has 0 radical (unpaired) electrons. The highest BCUT2D eigenvalue weighted by Gasteiger charge is 2.24. The van der Waals surface area contributed by atoms with Crippen molar-refractivity contribution in [3.63, 3.8) is 0 Å². The predicted molar refractivity (Wildman–Crippen MR) is 80.2 cm³/mol. The molecule has 1 aromatic rings. The minimum atomic E-state index is -0.0811. The number of nitrogens with one attached hydrogen (secondary N) is 1. The van der Waals surface area contributed by atoms with Gasteiger partial charge in [-0.3, -0.25) is 4.79 Å². The Balaban J connectivity index is 1.72. The van der Waals surface area contributed by atoms with Crippen LogP contribution in [0.4, 0.5) is 5.69 Å². The fourth-order valence-corrected chi connectivity index (χ4v) is 3.72. The van der Waals surface area contributed by atoms with Crippen molar-refractivity contribution in [2.45, 2.75) is 37.5 Å². The Morgan fingerprint density at radius 1 is 1.47 bits per heavy atom. The van der Waals surface area contributed by atoms with Crippen LogP contribution in [0.15, 0.2) is 11.0 Å². The van der Waals surface area contributed by atoms with Crippen molar-refractivity contribution >= 4 is 29.1 Å². The number of thioether (sulfide) groups is 1. The summed E-state index contributed by atoms with van der Waals surface area (Å²) in [5, 5.41) is 8.38. The Kier molecular flexibility index (Phi) is 4.03. The number of hydrogen-bond donors (Lipinski definition) is 1. The van der Waals surface area contributed by atoms with Gasteiger partial charge in [-0.2, -0.15) is 16.9 Å². The molecule has 0 aromatic carbocycles. The molecular formula is C13H18ClN3OS. The van der Waals surface area contributed by atoms with Gasteiger partial charge in [-0.25, -0.2) is 4.68 Å². The summed E-state index contributed by atoms with van der Waals surface area (Å²) in [5.74, 6) is 1.85. The van der Waals surface area contributed by atoms with Crippen molar-refractivity contribution < 1.29 is 0 Å². The van der Waals surface area contributed by atoms with Gasteiger partial charge in [0.25, 0.3) is 5.56 Å². The van der Waals surface area contributed by atoms with E-state index in [1.165, 1.54) is 31.4 Å². The maximum Gasteiger partial charge on any atom is 0.291 e. The smallest absolute Gasteiger partial charge is 0.291 e. The van der Waals surface area contributed by atoms with Gasteiger partial charge in [0.15, 0.2) is 0 Å². The molecule has 3 rings (SSSR count).